The molecule has 0 radical (unpaired) electrons. The van der Waals surface area contributed by atoms with Crippen LogP contribution in [-0.2, 0) is 0 Å². The summed E-state index contributed by atoms with van der Waals surface area (Å²) in [7, 11) is 0. The second kappa shape index (κ2) is 8.81. The lowest BCUT2D eigenvalue weighted by Gasteiger charge is -2.12. The van der Waals surface area contributed by atoms with Crippen molar-refractivity contribution in [2.45, 2.75) is 45.6 Å². The predicted octanol–water partition coefficient (Wildman–Crippen LogP) is 3.41. The van der Waals surface area contributed by atoms with Gasteiger partial charge in [0.15, 0.2) is 11.5 Å². The van der Waals surface area contributed by atoms with E-state index in [1.807, 2.05) is 31.2 Å². The normalized spacial score (nSPS) is 12.2. The van der Waals surface area contributed by atoms with Crippen LogP contribution in [0.1, 0.15) is 39.5 Å². The average molecular weight is 252 g/mol. The lowest BCUT2D eigenvalue weighted by molar-refractivity contribution is 0.176. The van der Waals surface area contributed by atoms with Crippen LogP contribution in [0, 0.1) is 0 Å². The van der Waals surface area contributed by atoms with Gasteiger partial charge in [0.2, 0.25) is 0 Å². The number of hydrogen-bond donors (Lipinski definition) is 1. The smallest absolute Gasteiger partial charge is 0.161 e. The fourth-order valence-corrected chi connectivity index (χ4v) is 1.62. The lowest BCUT2D eigenvalue weighted by atomic mass is 10.2. The molecule has 0 saturated heterocycles. The highest BCUT2D eigenvalue weighted by Gasteiger charge is 2.03. The molecule has 3 heteroatoms. The quantitative estimate of drug-likeness (QED) is 0.684. The van der Waals surface area contributed by atoms with E-state index in [0.717, 1.165) is 37.2 Å². The molecular formula is C15H24O3. The minimum absolute atomic E-state index is 0.217. The number of unbranched alkanes of at least 4 members (excludes halogenated alkanes) is 1. The van der Waals surface area contributed by atoms with Gasteiger partial charge in [0.25, 0.3) is 0 Å². The van der Waals surface area contributed by atoms with Gasteiger partial charge in [-0.3, -0.25) is 0 Å². The molecule has 1 rings (SSSR count). The Balaban J connectivity index is 2.32. The van der Waals surface area contributed by atoms with Crippen molar-refractivity contribution in [3.05, 3.63) is 24.3 Å². The molecule has 1 N–H and O–H groups in total. The van der Waals surface area contributed by atoms with Gasteiger partial charge >= 0.3 is 0 Å². The van der Waals surface area contributed by atoms with Crippen molar-refractivity contribution in [3.63, 3.8) is 0 Å². The van der Waals surface area contributed by atoms with Gasteiger partial charge in [-0.2, -0.15) is 0 Å². The first kappa shape index (κ1) is 14.8. The molecule has 0 spiro atoms. The van der Waals surface area contributed by atoms with E-state index in [1.165, 1.54) is 0 Å². The predicted molar refractivity (Wildman–Crippen MR) is 73.3 cm³/mol. The number of benzene rings is 1. The summed E-state index contributed by atoms with van der Waals surface area (Å²) in [5.74, 6) is 1.62. The maximum absolute atomic E-state index is 9.15. The van der Waals surface area contributed by atoms with Gasteiger partial charge in [-0.05, 0) is 44.7 Å². The summed E-state index contributed by atoms with van der Waals surface area (Å²) < 4.78 is 11.3. The number of rotatable bonds is 9. The largest absolute Gasteiger partial charge is 0.490 e. The molecule has 0 saturated carbocycles. The van der Waals surface area contributed by atoms with Gasteiger partial charge in [-0.1, -0.05) is 19.1 Å². The van der Waals surface area contributed by atoms with E-state index in [-0.39, 0.29) is 6.10 Å². The third kappa shape index (κ3) is 5.92. The molecule has 18 heavy (non-hydrogen) atoms. The van der Waals surface area contributed by atoms with Gasteiger partial charge in [0.1, 0.15) is 0 Å². The van der Waals surface area contributed by atoms with E-state index in [2.05, 4.69) is 6.92 Å². The summed E-state index contributed by atoms with van der Waals surface area (Å²) >= 11 is 0. The summed E-state index contributed by atoms with van der Waals surface area (Å²) in [4.78, 5) is 0. The third-order valence-electron chi connectivity index (χ3n) is 2.58. The zero-order valence-corrected chi connectivity index (χ0v) is 11.4. The number of ether oxygens (including phenoxy) is 2. The van der Waals surface area contributed by atoms with E-state index in [1.54, 1.807) is 0 Å². The first-order chi connectivity index (χ1) is 8.74. The number of hydrogen-bond acceptors (Lipinski definition) is 3. The zero-order valence-electron chi connectivity index (χ0n) is 11.4. The van der Waals surface area contributed by atoms with Crippen molar-refractivity contribution >= 4 is 0 Å². The Kier molecular flexibility index (Phi) is 7.26. The van der Waals surface area contributed by atoms with Gasteiger partial charge < -0.3 is 14.6 Å². The SMILES string of the molecule is CCCOc1ccccc1OCCCCC(C)O. The van der Waals surface area contributed by atoms with Crippen LogP contribution in [0.15, 0.2) is 24.3 Å². The standard InChI is InChI=1S/C15H24O3/c1-3-11-17-14-9-4-5-10-15(14)18-12-7-6-8-13(2)16/h4-5,9-10,13,16H,3,6-8,11-12H2,1-2H3. The number of aliphatic hydroxyl groups is 1. The van der Waals surface area contributed by atoms with Crippen LogP contribution in [-0.4, -0.2) is 24.4 Å². The topological polar surface area (TPSA) is 38.7 Å². The minimum Gasteiger partial charge on any atom is -0.490 e. The molecule has 102 valence electrons. The first-order valence-corrected chi connectivity index (χ1v) is 6.76. The average Bonchev–Trinajstić information content (AvgIpc) is 2.36. The molecule has 1 aromatic carbocycles. The monoisotopic (exact) mass is 252 g/mol. The van der Waals surface area contributed by atoms with Crippen LogP contribution in [0.2, 0.25) is 0 Å². The minimum atomic E-state index is -0.217. The Bertz CT molecular complexity index is 323. The summed E-state index contributed by atoms with van der Waals surface area (Å²) in [5, 5.41) is 9.15. The fraction of sp³-hybridized carbons (Fsp3) is 0.600. The molecule has 1 atom stereocenters. The zero-order chi connectivity index (χ0) is 13.2. The van der Waals surface area contributed by atoms with E-state index < -0.39 is 0 Å². The van der Waals surface area contributed by atoms with Gasteiger partial charge in [0, 0.05) is 0 Å². The van der Waals surface area contributed by atoms with Crippen molar-refractivity contribution in [2.24, 2.45) is 0 Å². The maximum atomic E-state index is 9.15. The molecule has 0 aromatic heterocycles. The second-order valence-electron chi connectivity index (χ2n) is 4.49. The molecule has 0 aliphatic rings. The Morgan fingerprint density at radius 2 is 1.67 bits per heavy atom. The van der Waals surface area contributed by atoms with Crippen LogP contribution in [0.5, 0.6) is 11.5 Å². The molecule has 3 nitrogen and oxygen atoms in total. The molecule has 0 aliphatic heterocycles. The van der Waals surface area contributed by atoms with Crippen LogP contribution in [0.3, 0.4) is 0 Å². The maximum Gasteiger partial charge on any atom is 0.161 e. The summed E-state index contributed by atoms with van der Waals surface area (Å²) in [6, 6.07) is 7.76. The van der Waals surface area contributed by atoms with Gasteiger partial charge in [-0.15, -0.1) is 0 Å². The molecule has 1 unspecified atom stereocenters. The second-order valence-corrected chi connectivity index (χ2v) is 4.49. The van der Waals surface area contributed by atoms with Crippen LogP contribution in [0.25, 0.3) is 0 Å². The molecule has 0 fully saturated rings. The van der Waals surface area contributed by atoms with E-state index >= 15 is 0 Å². The Morgan fingerprint density at radius 3 is 2.22 bits per heavy atom. The summed E-state index contributed by atoms with van der Waals surface area (Å²) in [5.41, 5.74) is 0. The van der Waals surface area contributed by atoms with Crippen molar-refractivity contribution in [1.82, 2.24) is 0 Å². The van der Waals surface area contributed by atoms with Crippen molar-refractivity contribution in [2.75, 3.05) is 13.2 Å². The lowest BCUT2D eigenvalue weighted by Crippen LogP contribution is -2.04. The molecule has 1 aromatic rings. The number of para-hydroxylation sites is 2. The molecule has 0 bridgehead atoms. The summed E-state index contributed by atoms with van der Waals surface area (Å²) in [6.45, 7) is 5.27. The Morgan fingerprint density at radius 1 is 1.06 bits per heavy atom. The van der Waals surface area contributed by atoms with Crippen LogP contribution in [0.4, 0.5) is 0 Å². The molecule has 0 heterocycles. The van der Waals surface area contributed by atoms with E-state index in [4.69, 9.17) is 14.6 Å². The first-order valence-electron chi connectivity index (χ1n) is 6.76. The third-order valence-corrected chi connectivity index (χ3v) is 2.58. The van der Waals surface area contributed by atoms with Gasteiger partial charge in [-0.25, -0.2) is 0 Å². The van der Waals surface area contributed by atoms with Crippen molar-refractivity contribution in [1.29, 1.82) is 0 Å². The fourth-order valence-electron chi connectivity index (χ4n) is 1.62. The Hall–Kier alpha value is -1.22. The molecular weight excluding hydrogens is 228 g/mol. The molecule has 0 aliphatic carbocycles. The van der Waals surface area contributed by atoms with Crippen molar-refractivity contribution < 1.29 is 14.6 Å². The highest BCUT2D eigenvalue weighted by molar-refractivity contribution is 5.39. The Labute approximate surface area is 110 Å². The highest BCUT2D eigenvalue weighted by Crippen LogP contribution is 2.26. The van der Waals surface area contributed by atoms with E-state index in [9.17, 15) is 0 Å². The van der Waals surface area contributed by atoms with Gasteiger partial charge in [0.05, 0.1) is 19.3 Å². The van der Waals surface area contributed by atoms with Crippen molar-refractivity contribution in [3.8, 4) is 11.5 Å². The van der Waals surface area contributed by atoms with E-state index in [0.29, 0.717) is 13.2 Å². The molecule has 0 amide bonds. The van der Waals surface area contributed by atoms with Crippen LogP contribution < -0.4 is 9.47 Å². The number of aliphatic hydroxyl groups excluding tert-OH is 1. The highest BCUT2D eigenvalue weighted by atomic mass is 16.5. The summed E-state index contributed by atoms with van der Waals surface area (Å²) in [6.07, 6.45) is 3.54. The van der Waals surface area contributed by atoms with Crippen LogP contribution >= 0.6 is 0 Å².